The molecule has 0 atom stereocenters. The van der Waals surface area contributed by atoms with Crippen molar-refractivity contribution >= 4 is 0 Å². The fourth-order valence-electron chi connectivity index (χ4n) is 0. The van der Waals surface area contributed by atoms with Crippen molar-refractivity contribution in [3.05, 3.63) is 0 Å². The van der Waals surface area contributed by atoms with Gasteiger partial charge in [-0.25, -0.2) is 0 Å². The van der Waals surface area contributed by atoms with Crippen molar-refractivity contribution in [3.8, 4) is 0 Å². The third kappa shape index (κ3) is 420. The zero-order valence-corrected chi connectivity index (χ0v) is 7.71. The van der Waals surface area contributed by atoms with Gasteiger partial charge >= 0.3 is 0 Å². The van der Waals surface area contributed by atoms with Gasteiger partial charge in [-0.3, -0.25) is 0 Å². The predicted octanol–water partition coefficient (Wildman–Crippen LogP) is -6.60. The van der Waals surface area contributed by atoms with Gasteiger partial charge in [-0.05, 0) is 0 Å². The van der Waals surface area contributed by atoms with Crippen LogP contribution in [-0.4, -0.2) is 43.8 Å². The van der Waals surface area contributed by atoms with Crippen LogP contribution in [0.3, 0.4) is 0 Å². The van der Waals surface area contributed by atoms with Crippen molar-refractivity contribution < 1.29 is 84.6 Å². The van der Waals surface area contributed by atoms with Gasteiger partial charge in [0, 0.05) is 40.8 Å². The van der Waals surface area contributed by atoms with E-state index < -0.39 is 0 Å². The summed E-state index contributed by atoms with van der Waals surface area (Å²) in [4.78, 5) is 0. The molecule has 0 saturated carbocycles. The van der Waals surface area contributed by atoms with E-state index in [1.54, 1.807) is 0 Å². The molecular weight excluding hydrogens is 272 g/mol. The quantitative estimate of drug-likeness (QED) is 0.402. The van der Waals surface area contributed by atoms with E-state index in [0.29, 0.717) is 0 Å². The summed E-state index contributed by atoms with van der Waals surface area (Å²) in [7, 11) is 0. The molecule has 16 N–H and O–H groups in total. The van der Waals surface area contributed by atoms with Crippen LogP contribution in [0.2, 0.25) is 0 Å². The minimum absolute atomic E-state index is 0. The fourth-order valence-corrected chi connectivity index (χ4v) is 0. The standard InChI is InChI=1S/Nd.8H2O/h;8*1H2. The normalized spacial score (nSPS) is 0. The third-order valence-corrected chi connectivity index (χ3v) is 0. The van der Waals surface area contributed by atoms with E-state index in [-0.39, 0.29) is 84.6 Å². The Hall–Kier alpha value is 1.03. The predicted molar refractivity (Wildman–Crippen MR) is 28.9 cm³/mol. The Bertz CT molecular complexity index is 4.53. The van der Waals surface area contributed by atoms with Crippen molar-refractivity contribution in [2.24, 2.45) is 0 Å². The monoisotopic (exact) mass is 286 g/mol. The van der Waals surface area contributed by atoms with E-state index >= 15 is 0 Å². The van der Waals surface area contributed by atoms with Gasteiger partial charge in [0.2, 0.25) is 0 Å². The van der Waals surface area contributed by atoms with Crippen LogP contribution in [0.25, 0.3) is 0 Å². The maximum Gasteiger partial charge on any atom is 0 e. The molecule has 68 valence electrons. The molecule has 0 fully saturated rings. The molecule has 9 heteroatoms. The molecule has 9 heavy (non-hydrogen) atoms. The van der Waals surface area contributed by atoms with Crippen LogP contribution in [0.1, 0.15) is 0 Å². The average Bonchev–Trinajstić information content (AvgIpc) is 0. The maximum atomic E-state index is 0. The van der Waals surface area contributed by atoms with E-state index in [1.807, 2.05) is 0 Å². The van der Waals surface area contributed by atoms with Gasteiger partial charge in [-0.1, -0.05) is 0 Å². The first-order valence-corrected chi connectivity index (χ1v) is 0. The van der Waals surface area contributed by atoms with E-state index in [4.69, 9.17) is 0 Å². The molecule has 0 aromatic heterocycles. The fraction of sp³-hybridized carbons (Fsp3) is 0. The number of rotatable bonds is 0. The summed E-state index contributed by atoms with van der Waals surface area (Å²) in [6.45, 7) is 0. The first-order chi connectivity index (χ1) is 0. The van der Waals surface area contributed by atoms with Gasteiger partial charge in [0.25, 0.3) is 0 Å². The Balaban J connectivity index is 0. The van der Waals surface area contributed by atoms with Crippen LogP contribution in [0.5, 0.6) is 0 Å². The minimum Gasteiger partial charge on any atom is -0.412 e. The molecule has 0 radical (unpaired) electrons. The summed E-state index contributed by atoms with van der Waals surface area (Å²) in [6.07, 6.45) is 0. The summed E-state index contributed by atoms with van der Waals surface area (Å²) >= 11 is 0. The summed E-state index contributed by atoms with van der Waals surface area (Å²) in [5.74, 6) is 0. The van der Waals surface area contributed by atoms with Crippen LogP contribution in [0.4, 0.5) is 0 Å². The first-order valence-electron chi connectivity index (χ1n) is 0. The van der Waals surface area contributed by atoms with Crippen LogP contribution in [0.15, 0.2) is 0 Å². The summed E-state index contributed by atoms with van der Waals surface area (Å²) in [5.41, 5.74) is 0. The second kappa shape index (κ2) is 548. The van der Waals surface area contributed by atoms with Crippen molar-refractivity contribution in [3.63, 3.8) is 0 Å². The van der Waals surface area contributed by atoms with Crippen LogP contribution in [-0.2, 0) is 0 Å². The molecule has 0 bridgehead atoms. The van der Waals surface area contributed by atoms with E-state index in [1.165, 1.54) is 0 Å². The Kier molecular flexibility index (Phi) is 46900. The topological polar surface area (TPSA) is 252 Å². The molecule has 0 unspecified atom stereocenters. The Morgan fingerprint density at radius 2 is 0.222 bits per heavy atom. The molecule has 0 aliphatic heterocycles. The molecule has 0 saturated heterocycles. The van der Waals surface area contributed by atoms with Crippen molar-refractivity contribution in [1.29, 1.82) is 0 Å². The van der Waals surface area contributed by atoms with Crippen LogP contribution < -0.4 is 0 Å². The Morgan fingerprint density at radius 3 is 0.222 bits per heavy atom. The summed E-state index contributed by atoms with van der Waals surface area (Å²) in [5, 5.41) is 0. The van der Waals surface area contributed by atoms with E-state index in [2.05, 4.69) is 0 Å². The second-order valence-electron chi connectivity index (χ2n) is 0. The van der Waals surface area contributed by atoms with Crippen molar-refractivity contribution in [2.45, 2.75) is 0 Å². The molecule has 0 heterocycles. The zero-order valence-electron chi connectivity index (χ0n) is 4.50. The van der Waals surface area contributed by atoms with Crippen molar-refractivity contribution in [1.82, 2.24) is 0 Å². The van der Waals surface area contributed by atoms with E-state index in [0.717, 1.165) is 0 Å². The summed E-state index contributed by atoms with van der Waals surface area (Å²) in [6, 6.07) is 0. The second-order valence-corrected chi connectivity index (χ2v) is 0. The molecule has 0 amide bonds. The van der Waals surface area contributed by atoms with Gasteiger partial charge < -0.3 is 43.8 Å². The van der Waals surface area contributed by atoms with Crippen LogP contribution >= 0.6 is 0 Å². The van der Waals surface area contributed by atoms with Gasteiger partial charge in [0.15, 0.2) is 0 Å². The smallest absolute Gasteiger partial charge is 0 e. The molecule has 0 aromatic carbocycles. The summed E-state index contributed by atoms with van der Waals surface area (Å²) < 4.78 is 0. The maximum absolute atomic E-state index is 0. The van der Waals surface area contributed by atoms with Crippen LogP contribution in [0, 0.1) is 40.8 Å². The SMILES string of the molecule is O.O.O.O.O.O.O.O.[Nd]. The average molecular weight is 288 g/mol. The Morgan fingerprint density at radius 1 is 0.222 bits per heavy atom. The van der Waals surface area contributed by atoms with Gasteiger partial charge in [-0.2, -0.15) is 0 Å². The molecule has 0 aromatic rings. The van der Waals surface area contributed by atoms with Gasteiger partial charge in [0.1, 0.15) is 0 Å². The molecule has 0 rings (SSSR count). The number of hydrogen-bond donors (Lipinski definition) is 0. The van der Waals surface area contributed by atoms with Gasteiger partial charge in [-0.15, -0.1) is 0 Å². The molecule has 0 aliphatic carbocycles. The molecular formula is H16NdO8. The Labute approximate surface area is 84.2 Å². The van der Waals surface area contributed by atoms with Crippen molar-refractivity contribution in [2.75, 3.05) is 0 Å². The zero-order chi connectivity index (χ0) is 0. The molecule has 0 spiro atoms. The third-order valence-electron chi connectivity index (χ3n) is 0. The van der Waals surface area contributed by atoms with E-state index in [9.17, 15) is 0 Å². The molecule has 8 nitrogen and oxygen atoms in total. The number of hydrogen-bond acceptors (Lipinski definition) is 0. The molecule has 0 aliphatic rings. The largest absolute Gasteiger partial charge is 0.412 e. The first kappa shape index (κ1) is 770. The van der Waals surface area contributed by atoms with Gasteiger partial charge in [0.05, 0.1) is 0 Å². The minimum atomic E-state index is 0.